The lowest BCUT2D eigenvalue weighted by Crippen LogP contribution is -2.44. The summed E-state index contributed by atoms with van der Waals surface area (Å²) in [7, 11) is 0. The third-order valence-electron chi connectivity index (χ3n) is 9.84. The Kier molecular flexibility index (Phi) is 16.3. The van der Waals surface area contributed by atoms with E-state index in [1.165, 1.54) is 10.5 Å². The zero-order valence-electron chi connectivity index (χ0n) is 35.5. The van der Waals surface area contributed by atoms with Gasteiger partial charge in [0, 0.05) is 40.4 Å². The minimum Gasteiger partial charge on any atom is -0.481 e. The van der Waals surface area contributed by atoms with Gasteiger partial charge in [0.15, 0.2) is 0 Å². The molecule has 2 heterocycles. The number of aromatic nitrogens is 2. The van der Waals surface area contributed by atoms with Crippen LogP contribution in [0.5, 0.6) is 0 Å². The number of benzene rings is 2. The van der Waals surface area contributed by atoms with Crippen LogP contribution in [0, 0.1) is 37.0 Å². The van der Waals surface area contributed by atoms with Gasteiger partial charge in [0.2, 0.25) is 0 Å². The van der Waals surface area contributed by atoms with Crippen LogP contribution in [0.2, 0.25) is 0 Å². The van der Waals surface area contributed by atoms with E-state index in [1.807, 2.05) is 65.8 Å². The number of nitrogens with zero attached hydrogens (tertiary/aromatic N) is 4. The van der Waals surface area contributed by atoms with E-state index in [0.717, 1.165) is 92.1 Å². The Labute approximate surface area is 335 Å². The first-order chi connectivity index (χ1) is 26.4. The fourth-order valence-corrected chi connectivity index (χ4v) is 7.12. The number of carboxylic acid groups (broad SMARTS) is 2. The van der Waals surface area contributed by atoms with E-state index in [1.54, 1.807) is 0 Å². The summed E-state index contributed by atoms with van der Waals surface area (Å²) in [5.74, 6) is -0.0142. The topological polar surface area (TPSA) is 153 Å². The van der Waals surface area contributed by atoms with Crippen LogP contribution in [0.3, 0.4) is 0 Å². The molecule has 0 radical (unpaired) electrons. The number of hydrogen-bond donors (Lipinski definition) is 3. The Morgan fingerprint density at radius 1 is 0.732 bits per heavy atom. The number of carbonyl (C=O) groups is 2. The number of rotatable bonds is 14. The van der Waals surface area contributed by atoms with Crippen molar-refractivity contribution in [3.8, 4) is 28.3 Å². The summed E-state index contributed by atoms with van der Waals surface area (Å²) in [6.45, 7) is 23.1. The number of nitriles is 1. The number of amides is 1. The monoisotopic (exact) mass is 761 g/mol. The van der Waals surface area contributed by atoms with Crippen molar-refractivity contribution in [1.82, 2.24) is 14.9 Å². The maximum Gasteiger partial charge on any atom is 0.408 e. The number of pyridine rings is 2. The van der Waals surface area contributed by atoms with E-state index in [-0.39, 0.29) is 19.4 Å². The molecule has 56 heavy (non-hydrogen) atoms. The molecule has 4 N–H and O–H groups in total. The van der Waals surface area contributed by atoms with Crippen molar-refractivity contribution in [2.75, 3.05) is 0 Å². The van der Waals surface area contributed by atoms with Crippen LogP contribution >= 0.6 is 0 Å². The Bertz CT molecular complexity index is 2000. The molecule has 0 aliphatic heterocycles. The molecule has 2 aromatic heterocycles. The second-order valence-electron chi connectivity index (χ2n) is 16.5. The van der Waals surface area contributed by atoms with Crippen molar-refractivity contribution in [3.05, 3.63) is 105 Å². The van der Waals surface area contributed by atoms with Gasteiger partial charge in [0.05, 0.1) is 25.5 Å². The predicted octanol–water partition coefficient (Wildman–Crippen LogP) is 10.1. The molecular weight excluding hydrogens is 699 g/mol. The Hall–Kier alpha value is -5.07. The van der Waals surface area contributed by atoms with Gasteiger partial charge in [0.25, 0.3) is 0 Å². The summed E-state index contributed by atoms with van der Waals surface area (Å²) >= 11 is 0. The minimum atomic E-state index is -0.959. The summed E-state index contributed by atoms with van der Waals surface area (Å²) in [5, 5.41) is 29.0. The first kappa shape index (κ1) is 45.3. The van der Waals surface area contributed by atoms with Crippen LogP contribution < -0.4 is 5.73 Å². The average Bonchev–Trinajstić information content (AvgIpc) is 3.11. The summed E-state index contributed by atoms with van der Waals surface area (Å²) in [6, 6.07) is 18.7. The van der Waals surface area contributed by atoms with Gasteiger partial charge < -0.3 is 15.9 Å². The number of aryl methyl sites for hydroxylation is 4. The maximum atomic E-state index is 12.2. The predicted molar refractivity (Wildman–Crippen MR) is 227 cm³/mol. The van der Waals surface area contributed by atoms with E-state index in [2.05, 4.69) is 65.0 Å². The van der Waals surface area contributed by atoms with Gasteiger partial charge in [-0.3, -0.25) is 19.7 Å². The number of aliphatic carboxylic acids is 1. The van der Waals surface area contributed by atoms with Gasteiger partial charge in [0.1, 0.15) is 0 Å². The molecule has 0 saturated carbocycles. The highest BCUT2D eigenvalue weighted by molar-refractivity contribution is 5.80. The van der Waals surface area contributed by atoms with E-state index < -0.39 is 17.6 Å². The smallest absolute Gasteiger partial charge is 0.408 e. The summed E-state index contributed by atoms with van der Waals surface area (Å²) in [5.41, 5.74) is 19.1. The van der Waals surface area contributed by atoms with Crippen molar-refractivity contribution >= 4 is 12.1 Å². The fraction of sp³-hybridized carbons (Fsp3) is 0.468. The third-order valence-corrected chi connectivity index (χ3v) is 9.84. The molecule has 0 fully saturated rings. The molecule has 1 amide bonds. The molecule has 0 bridgehead atoms. The van der Waals surface area contributed by atoms with E-state index >= 15 is 0 Å². The molecule has 0 aliphatic rings. The van der Waals surface area contributed by atoms with Gasteiger partial charge >= 0.3 is 12.1 Å². The van der Waals surface area contributed by atoms with Crippen LogP contribution in [0.15, 0.2) is 48.5 Å². The van der Waals surface area contributed by atoms with Crippen LogP contribution in [-0.4, -0.2) is 42.7 Å². The quantitative estimate of drug-likeness (QED) is 0.115. The second-order valence-corrected chi connectivity index (χ2v) is 16.5. The Balaban J connectivity index is 0.000000307. The molecule has 4 aromatic rings. The van der Waals surface area contributed by atoms with Gasteiger partial charge in [-0.1, -0.05) is 101 Å². The van der Waals surface area contributed by atoms with Gasteiger partial charge in [-0.15, -0.1) is 0 Å². The molecule has 0 atom stereocenters. The Morgan fingerprint density at radius 2 is 1.16 bits per heavy atom. The molecule has 0 spiro atoms. The lowest BCUT2D eigenvalue weighted by atomic mass is 9.87. The molecule has 0 unspecified atom stereocenters. The van der Waals surface area contributed by atoms with Crippen molar-refractivity contribution in [3.63, 3.8) is 0 Å². The van der Waals surface area contributed by atoms with Crippen molar-refractivity contribution in [1.29, 1.82) is 5.26 Å². The normalized spacial score (nSPS) is 11.3. The first-order valence-electron chi connectivity index (χ1n) is 19.9. The molecular formula is C47H63N5O4. The first-order valence-corrected chi connectivity index (χ1v) is 19.9. The van der Waals surface area contributed by atoms with E-state index in [9.17, 15) is 25.1 Å². The van der Waals surface area contributed by atoms with Gasteiger partial charge in [-0.2, -0.15) is 5.26 Å². The number of carboxylic acids is 1. The highest BCUT2D eigenvalue weighted by Gasteiger charge is 2.30. The summed E-state index contributed by atoms with van der Waals surface area (Å²) in [4.78, 5) is 34.9. The van der Waals surface area contributed by atoms with Crippen LogP contribution in [0.1, 0.15) is 118 Å². The standard InChI is InChI=1S/C26H35N3O2.C21H28N2O2/c1-8-22-20(13-14-27)24(19-11-9-18(4)10-12-19)21(23(28-22)15-17(2)3)16-29(25(30)31)26(5,6)7;1-5-18-16(11-20(24)25)21(15-8-6-14(4)7-9-15)17(12-22)19(23-18)10-13(2)3/h9-12,17H,8,13,15-16H2,1-7H3,(H,30,31);6-9,13H,5,10-12,22H2,1-4H3,(H,24,25). The van der Waals surface area contributed by atoms with Crippen LogP contribution in [-0.2, 0) is 56.4 Å². The minimum absolute atomic E-state index is 0.0334. The molecule has 0 aliphatic carbocycles. The van der Waals surface area contributed by atoms with Gasteiger partial charge in [-0.05, 0) is 111 Å². The average molecular weight is 762 g/mol. The van der Waals surface area contributed by atoms with Crippen LogP contribution in [0.25, 0.3) is 22.3 Å². The number of hydrogen-bond acceptors (Lipinski definition) is 6. The highest BCUT2D eigenvalue weighted by atomic mass is 16.4. The highest BCUT2D eigenvalue weighted by Crippen LogP contribution is 2.36. The molecule has 0 saturated heterocycles. The van der Waals surface area contributed by atoms with E-state index in [4.69, 9.17) is 15.7 Å². The summed E-state index contributed by atoms with van der Waals surface area (Å²) in [6.07, 6.45) is 2.28. The van der Waals surface area contributed by atoms with Crippen molar-refractivity contribution < 1.29 is 19.8 Å². The lowest BCUT2D eigenvalue weighted by Gasteiger charge is -2.35. The molecule has 2 aromatic carbocycles. The maximum absolute atomic E-state index is 12.2. The molecule has 9 nitrogen and oxygen atoms in total. The molecule has 9 heteroatoms. The van der Waals surface area contributed by atoms with Crippen molar-refractivity contribution in [2.45, 2.75) is 133 Å². The van der Waals surface area contributed by atoms with E-state index in [0.29, 0.717) is 24.8 Å². The molecule has 4 rings (SSSR count). The molecule has 300 valence electrons. The largest absolute Gasteiger partial charge is 0.481 e. The second kappa shape index (κ2) is 20.2. The zero-order chi connectivity index (χ0) is 41.9. The van der Waals surface area contributed by atoms with Crippen molar-refractivity contribution in [2.24, 2.45) is 17.6 Å². The lowest BCUT2D eigenvalue weighted by molar-refractivity contribution is -0.136. The van der Waals surface area contributed by atoms with Gasteiger partial charge in [-0.25, -0.2) is 4.79 Å². The number of nitrogens with two attached hydrogens (primary N) is 1. The third kappa shape index (κ3) is 11.7. The van der Waals surface area contributed by atoms with Crippen LogP contribution in [0.4, 0.5) is 4.79 Å². The Morgan fingerprint density at radius 3 is 1.52 bits per heavy atom. The zero-order valence-corrected chi connectivity index (χ0v) is 35.5. The summed E-state index contributed by atoms with van der Waals surface area (Å²) < 4.78 is 0. The fourth-order valence-electron chi connectivity index (χ4n) is 7.12. The SMILES string of the molecule is CCc1nc(CC(C)C)c(CN(C(=O)O)C(C)(C)C)c(-c2ccc(C)cc2)c1CC#N.CCc1nc(CC(C)C)c(CN)c(-c2ccc(C)cc2)c1CC(=O)O.